The molecular formula is C26H27FN2O4. The Labute approximate surface area is 192 Å². The van der Waals surface area contributed by atoms with E-state index in [-0.39, 0.29) is 11.7 Å². The molecule has 3 aromatic rings. The summed E-state index contributed by atoms with van der Waals surface area (Å²) in [5, 5.41) is 0. The van der Waals surface area contributed by atoms with Crippen molar-refractivity contribution in [1.82, 2.24) is 4.98 Å². The summed E-state index contributed by atoms with van der Waals surface area (Å²) in [5.74, 6) is 0.629. The fraction of sp³-hybridized carbons (Fsp3) is 0.308. The summed E-state index contributed by atoms with van der Waals surface area (Å²) in [6, 6.07) is 12.6. The van der Waals surface area contributed by atoms with Crippen LogP contribution in [0, 0.1) is 5.82 Å². The maximum Gasteiger partial charge on any atom is 0.338 e. The number of hydrogen-bond acceptors (Lipinski definition) is 6. The van der Waals surface area contributed by atoms with Crippen molar-refractivity contribution in [2.75, 3.05) is 32.8 Å². The van der Waals surface area contributed by atoms with Gasteiger partial charge in [-0.3, -0.25) is 4.98 Å². The van der Waals surface area contributed by atoms with Crippen molar-refractivity contribution in [3.05, 3.63) is 77.4 Å². The lowest BCUT2D eigenvalue weighted by molar-refractivity contribution is 0.0599. The second-order valence-corrected chi connectivity index (χ2v) is 8.00. The van der Waals surface area contributed by atoms with Crippen molar-refractivity contribution >= 4 is 17.3 Å². The summed E-state index contributed by atoms with van der Waals surface area (Å²) < 4.78 is 29.8. The van der Waals surface area contributed by atoms with Crippen LogP contribution < -0.4 is 14.4 Å². The molecule has 7 heteroatoms. The van der Waals surface area contributed by atoms with Crippen LogP contribution in [0.1, 0.15) is 40.2 Å². The Morgan fingerprint density at radius 3 is 2.76 bits per heavy atom. The minimum Gasteiger partial charge on any atom is -0.494 e. The molecule has 0 unspecified atom stereocenters. The molecule has 172 valence electrons. The molecule has 0 amide bonds. The summed E-state index contributed by atoms with van der Waals surface area (Å²) in [7, 11) is 4.76. The minimum atomic E-state index is -0.393. The van der Waals surface area contributed by atoms with Crippen molar-refractivity contribution in [2.45, 2.75) is 25.2 Å². The molecule has 0 N–H and O–H groups in total. The molecule has 4 rings (SSSR count). The number of benzene rings is 2. The van der Waals surface area contributed by atoms with Crippen molar-refractivity contribution < 1.29 is 23.4 Å². The molecule has 6 nitrogen and oxygen atoms in total. The Hall–Kier alpha value is -3.61. The monoisotopic (exact) mass is 450 g/mol. The zero-order valence-corrected chi connectivity index (χ0v) is 19.0. The molecule has 2 heterocycles. The van der Waals surface area contributed by atoms with Crippen LogP contribution in [0.5, 0.6) is 11.5 Å². The number of nitrogens with zero attached hydrogens (tertiary/aromatic N) is 2. The first-order valence-electron chi connectivity index (χ1n) is 10.9. The number of rotatable bonds is 7. The summed E-state index contributed by atoms with van der Waals surface area (Å²) >= 11 is 0. The van der Waals surface area contributed by atoms with E-state index in [1.54, 1.807) is 30.6 Å². The summed E-state index contributed by atoms with van der Waals surface area (Å²) in [5.41, 5.74) is 4.35. The quantitative estimate of drug-likeness (QED) is 0.456. The van der Waals surface area contributed by atoms with E-state index >= 15 is 0 Å². The van der Waals surface area contributed by atoms with Gasteiger partial charge in [-0.2, -0.15) is 0 Å². The lowest BCUT2D eigenvalue weighted by atomic mass is 9.87. The predicted octanol–water partition coefficient (Wildman–Crippen LogP) is 5.28. The SMILES string of the molecule is COC(=O)c1ccncc1CC[C@@H]1CCOc2cc(N(C)c3ccc(F)c(OC)c3)ccc21. The Balaban J connectivity index is 1.53. The molecule has 0 spiro atoms. The van der Waals surface area contributed by atoms with Gasteiger partial charge in [0.2, 0.25) is 0 Å². The number of methoxy groups -OCH3 is 2. The van der Waals surface area contributed by atoms with Gasteiger partial charge in [0.25, 0.3) is 0 Å². The second kappa shape index (κ2) is 9.90. The van der Waals surface area contributed by atoms with E-state index in [2.05, 4.69) is 11.1 Å². The number of halogens is 1. The number of carbonyl (C=O) groups excluding carboxylic acids is 1. The maximum absolute atomic E-state index is 13.8. The molecule has 0 radical (unpaired) electrons. The Morgan fingerprint density at radius 1 is 1.18 bits per heavy atom. The fourth-order valence-corrected chi connectivity index (χ4v) is 4.23. The molecule has 0 saturated heterocycles. The van der Waals surface area contributed by atoms with Gasteiger partial charge in [-0.25, -0.2) is 9.18 Å². The van der Waals surface area contributed by atoms with Crippen LogP contribution in [0.25, 0.3) is 0 Å². The largest absolute Gasteiger partial charge is 0.494 e. The highest BCUT2D eigenvalue weighted by Crippen LogP contribution is 2.40. The maximum atomic E-state index is 13.8. The smallest absolute Gasteiger partial charge is 0.338 e. The normalized spacial score (nSPS) is 14.7. The highest BCUT2D eigenvalue weighted by Gasteiger charge is 2.23. The molecule has 0 fully saturated rings. The van der Waals surface area contributed by atoms with Crippen LogP contribution in [-0.2, 0) is 11.2 Å². The van der Waals surface area contributed by atoms with Gasteiger partial charge >= 0.3 is 5.97 Å². The molecule has 1 aliphatic heterocycles. The highest BCUT2D eigenvalue weighted by molar-refractivity contribution is 5.90. The number of hydrogen-bond donors (Lipinski definition) is 0. The third kappa shape index (κ3) is 4.77. The van der Waals surface area contributed by atoms with Crippen LogP contribution in [0.15, 0.2) is 54.9 Å². The molecule has 1 aliphatic rings. The summed E-state index contributed by atoms with van der Waals surface area (Å²) in [6.07, 6.45) is 5.84. The van der Waals surface area contributed by atoms with Crippen molar-refractivity contribution in [1.29, 1.82) is 0 Å². The average molecular weight is 451 g/mol. The van der Waals surface area contributed by atoms with Gasteiger partial charge < -0.3 is 19.1 Å². The summed E-state index contributed by atoms with van der Waals surface area (Å²) in [6.45, 7) is 0.631. The second-order valence-electron chi connectivity index (χ2n) is 8.00. The number of esters is 1. The lowest BCUT2D eigenvalue weighted by Gasteiger charge is -2.28. The first kappa shape index (κ1) is 22.6. The third-order valence-electron chi connectivity index (χ3n) is 6.14. The Morgan fingerprint density at radius 2 is 1.97 bits per heavy atom. The van der Waals surface area contributed by atoms with E-state index in [0.29, 0.717) is 18.1 Å². The van der Waals surface area contributed by atoms with E-state index < -0.39 is 5.82 Å². The number of anilines is 2. The van der Waals surface area contributed by atoms with E-state index in [0.717, 1.165) is 47.5 Å². The first-order chi connectivity index (χ1) is 16.0. The Bertz CT molecular complexity index is 1150. The van der Waals surface area contributed by atoms with Crippen LogP contribution in [0.4, 0.5) is 15.8 Å². The van der Waals surface area contributed by atoms with Gasteiger partial charge in [0.15, 0.2) is 11.6 Å². The standard InChI is InChI=1S/C26H27FN2O4/c1-29(20-7-9-23(27)25(15-20)31-2)19-6-8-21-17(11-13-33-24(21)14-19)4-5-18-16-28-12-10-22(18)26(30)32-3/h6-10,12,14-17H,4-5,11,13H2,1-3H3/t17-/m1/s1. The zero-order valence-electron chi connectivity index (χ0n) is 19.0. The van der Waals surface area contributed by atoms with E-state index in [1.165, 1.54) is 20.3 Å². The molecule has 2 aromatic carbocycles. The van der Waals surface area contributed by atoms with E-state index in [4.69, 9.17) is 14.2 Å². The number of fused-ring (bicyclic) bond motifs is 1. The van der Waals surface area contributed by atoms with Gasteiger partial charge in [0.1, 0.15) is 5.75 Å². The predicted molar refractivity (Wildman–Crippen MR) is 124 cm³/mol. The van der Waals surface area contributed by atoms with Crippen LogP contribution in [0.2, 0.25) is 0 Å². The number of aryl methyl sites for hydroxylation is 1. The van der Waals surface area contributed by atoms with Crippen molar-refractivity contribution in [2.24, 2.45) is 0 Å². The molecular weight excluding hydrogens is 423 g/mol. The number of carbonyl (C=O) groups is 1. The topological polar surface area (TPSA) is 60.9 Å². The summed E-state index contributed by atoms with van der Waals surface area (Å²) in [4.78, 5) is 18.2. The molecule has 33 heavy (non-hydrogen) atoms. The van der Waals surface area contributed by atoms with E-state index in [1.807, 2.05) is 24.1 Å². The number of ether oxygens (including phenoxy) is 3. The fourth-order valence-electron chi connectivity index (χ4n) is 4.23. The van der Waals surface area contributed by atoms with Gasteiger partial charge in [-0.15, -0.1) is 0 Å². The average Bonchev–Trinajstić information content (AvgIpc) is 2.86. The van der Waals surface area contributed by atoms with Gasteiger partial charge in [0.05, 0.1) is 26.4 Å². The zero-order chi connectivity index (χ0) is 23.4. The molecule has 0 aliphatic carbocycles. The molecule has 0 saturated carbocycles. The lowest BCUT2D eigenvalue weighted by Crippen LogP contribution is -2.17. The Kier molecular flexibility index (Phi) is 6.77. The number of pyridine rings is 1. The van der Waals surface area contributed by atoms with E-state index in [9.17, 15) is 9.18 Å². The first-order valence-corrected chi connectivity index (χ1v) is 10.9. The van der Waals surface area contributed by atoms with Crippen LogP contribution in [-0.4, -0.2) is 38.8 Å². The van der Waals surface area contributed by atoms with Gasteiger partial charge in [0, 0.05) is 42.9 Å². The van der Waals surface area contributed by atoms with Crippen LogP contribution >= 0.6 is 0 Å². The molecule has 1 atom stereocenters. The van der Waals surface area contributed by atoms with Crippen molar-refractivity contribution in [3.8, 4) is 11.5 Å². The highest BCUT2D eigenvalue weighted by atomic mass is 19.1. The molecule has 0 bridgehead atoms. The van der Waals surface area contributed by atoms with Crippen LogP contribution in [0.3, 0.4) is 0 Å². The van der Waals surface area contributed by atoms with Gasteiger partial charge in [-0.1, -0.05) is 6.07 Å². The third-order valence-corrected chi connectivity index (χ3v) is 6.14. The number of aromatic nitrogens is 1. The minimum absolute atomic E-state index is 0.204. The molecule has 1 aromatic heterocycles. The van der Waals surface area contributed by atoms with Crippen molar-refractivity contribution in [3.63, 3.8) is 0 Å². The van der Waals surface area contributed by atoms with Gasteiger partial charge in [-0.05, 0) is 60.6 Å².